The number of para-hydroxylation sites is 1. The molecular formula is C22H26N2O5. The first kappa shape index (κ1) is 22.1. The van der Waals surface area contributed by atoms with Crippen molar-refractivity contribution in [2.45, 2.75) is 45.3 Å². The number of amides is 1. The van der Waals surface area contributed by atoms with Crippen LogP contribution in [0, 0.1) is 0 Å². The zero-order valence-corrected chi connectivity index (χ0v) is 16.9. The average Bonchev–Trinajstić information content (AvgIpc) is 2.67. The standard InChI is InChI=1S/C22H26N2O5/c1-5-14-28-21(27)18(12-13-19(25)29-22(2,3)4)24-20(26)17-11-10-15-8-6-7-9-16(15)23-17/h5-11,18H,1,12-14H2,2-4H3,(H,24,26)/t18-/m0/s1. The molecule has 1 aromatic heterocycles. The van der Waals surface area contributed by atoms with Gasteiger partial charge in [0.05, 0.1) is 5.52 Å². The van der Waals surface area contributed by atoms with Crippen molar-refractivity contribution in [3.8, 4) is 0 Å². The molecule has 29 heavy (non-hydrogen) atoms. The van der Waals surface area contributed by atoms with Gasteiger partial charge in [-0.1, -0.05) is 36.9 Å². The van der Waals surface area contributed by atoms with Crippen molar-refractivity contribution in [1.29, 1.82) is 0 Å². The van der Waals surface area contributed by atoms with E-state index in [1.807, 2.05) is 18.2 Å². The number of hydrogen-bond donors (Lipinski definition) is 1. The molecule has 1 amide bonds. The molecule has 7 nitrogen and oxygen atoms in total. The fourth-order valence-electron chi connectivity index (χ4n) is 2.57. The fourth-order valence-corrected chi connectivity index (χ4v) is 2.57. The van der Waals surface area contributed by atoms with E-state index in [1.165, 1.54) is 6.08 Å². The Kier molecular flexibility index (Phi) is 7.47. The first-order valence-electron chi connectivity index (χ1n) is 9.35. The normalized spacial score (nSPS) is 12.1. The highest BCUT2D eigenvalue weighted by Crippen LogP contribution is 2.13. The highest BCUT2D eigenvalue weighted by Gasteiger charge is 2.26. The lowest BCUT2D eigenvalue weighted by Crippen LogP contribution is -2.42. The molecule has 0 radical (unpaired) electrons. The molecule has 0 aliphatic carbocycles. The molecule has 0 unspecified atom stereocenters. The third kappa shape index (κ3) is 7.03. The Hall–Kier alpha value is -3.22. The van der Waals surface area contributed by atoms with Crippen molar-refractivity contribution in [3.63, 3.8) is 0 Å². The van der Waals surface area contributed by atoms with E-state index in [2.05, 4.69) is 16.9 Å². The number of hydrogen-bond acceptors (Lipinski definition) is 6. The molecule has 0 aliphatic heterocycles. The van der Waals surface area contributed by atoms with Gasteiger partial charge in [0.1, 0.15) is 23.9 Å². The topological polar surface area (TPSA) is 94.6 Å². The van der Waals surface area contributed by atoms with E-state index in [4.69, 9.17) is 9.47 Å². The first-order chi connectivity index (χ1) is 13.7. The van der Waals surface area contributed by atoms with Crippen LogP contribution in [0.5, 0.6) is 0 Å². The van der Waals surface area contributed by atoms with Gasteiger partial charge in [0.2, 0.25) is 0 Å². The van der Waals surface area contributed by atoms with Gasteiger partial charge in [0.15, 0.2) is 0 Å². The number of benzene rings is 1. The number of nitrogens with one attached hydrogen (secondary N) is 1. The second kappa shape index (κ2) is 9.82. The minimum Gasteiger partial charge on any atom is -0.460 e. The Morgan fingerprint density at radius 3 is 2.59 bits per heavy atom. The molecule has 1 atom stereocenters. The Labute approximate surface area is 170 Å². The third-order valence-electron chi connectivity index (χ3n) is 3.82. The summed E-state index contributed by atoms with van der Waals surface area (Å²) in [6, 6.07) is 9.74. The Balaban J connectivity index is 2.10. The summed E-state index contributed by atoms with van der Waals surface area (Å²) < 4.78 is 10.3. The maximum atomic E-state index is 12.6. The summed E-state index contributed by atoms with van der Waals surface area (Å²) in [5.74, 6) is -1.64. The zero-order valence-electron chi connectivity index (χ0n) is 16.9. The number of carbonyl (C=O) groups is 3. The fraction of sp³-hybridized carbons (Fsp3) is 0.364. The molecule has 0 spiro atoms. The zero-order chi connectivity index (χ0) is 21.4. The summed E-state index contributed by atoms with van der Waals surface area (Å²) in [6.45, 7) is 8.77. The van der Waals surface area contributed by atoms with E-state index >= 15 is 0 Å². The summed E-state index contributed by atoms with van der Waals surface area (Å²) in [6.07, 6.45) is 1.43. The van der Waals surface area contributed by atoms with Crippen LogP contribution < -0.4 is 5.32 Å². The van der Waals surface area contributed by atoms with Crippen molar-refractivity contribution in [2.24, 2.45) is 0 Å². The van der Waals surface area contributed by atoms with Crippen LogP contribution in [0.3, 0.4) is 0 Å². The molecule has 154 valence electrons. The molecule has 1 N–H and O–H groups in total. The number of esters is 2. The number of pyridine rings is 1. The van der Waals surface area contributed by atoms with Crippen LogP contribution in [0.25, 0.3) is 10.9 Å². The predicted octanol–water partition coefficient (Wildman–Crippen LogP) is 3.18. The van der Waals surface area contributed by atoms with Gasteiger partial charge < -0.3 is 14.8 Å². The lowest BCUT2D eigenvalue weighted by Gasteiger charge is -2.21. The van der Waals surface area contributed by atoms with Gasteiger partial charge >= 0.3 is 11.9 Å². The molecule has 1 aromatic carbocycles. The summed E-state index contributed by atoms with van der Waals surface area (Å²) in [5.41, 5.74) is 0.205. The molecule has 0 fully saturated rings. The summed E-state index contributed by atoms with van der Waals surface area (Å²) >= 11 is 0. The van der Waals surface area contributed by atoms with Gasteiger partial charge in [0, 0.05) is 11.8 Å². The van der Waals surface area contributed by atoms with Crippen molar-refractivity contribution in [2.75, 3.05) is 6.61 Å². The molecule has 1 heterocycles. The van der Waals surface area contributed by atoms with E-state index in [-0.39, 0.29) is 25.1 Å². The lowest BCUT2D eigenvalue weighted by molar-refractivity contribution is -0.155. The summed E-state index contributed by atoms with van der Waals surface area (Å²) in [4.78, 5) is 41.3. The Bertz CT molecular complexity index is 901. The van der Waals surface area contributed by atoms with E-state index in [0.717, 1.165) is 5.39 Å². The van der Waals surface area contributed by atoms with Gasteiger partial charge in [-0.25, -0.2) is 9.78 Å². The van der Waals surface area contributed by atoms with E-state index < -0.39 is 29.5 Å². The minimum atomic E-state index is -1.01. The van der Waals surface area contributed by atoms with Crippen molar-refractivity contribution in [1.82, 2.24) is 10.3 Å². The molecule has 0 bridgehead atoms. The lowest BCUT2D eigenvalue weighted by atomic mass is 10.1. The van der Waals surface area contributed by atoms with Gasteiger partial charge in [-0.15, -0.1) is 0 Å². The van der Waals surface area contributed by atoms with Crippen molar-refractivity contribution >= 4 is 28.7 Å². The third-order valence-corrected chi connectivity index (χ3v) is 3.82. The average molecular weight is 398 g/mol. The SMILES string of the molecule is C=CCOC(=O)[C@H](CCC(=O)OC(C)(C)C)NC(=O)c1ccc2ccccc2n1. The van der Waals surface area contributed by atoms with Crippen LogP contribution in [0.4, 0.5) is 0 Å². The number of nitrogens with zero attached hydrogens (tertiary/aromatic N) is 1. The molecule has 7 heteroatoms. The van der Waals surface area contributed by atoms with Crippen LogP contribution in [0.15, 0.2) is 49.1 Å². The van der Waals surface area contributed by atoms with E-state index in [9.17, 15) is 14.4 Å². The van der Waals surface area contributed by atoms with Crippen LogP contribution in [0.2, 0.25) is 0 Å². The molecule has 0 saturated carbocycles. The van der Waals surface area contributed by atoms with Gasteiger partial charge in [-0.05, 0) is 39.3 Å². The van der Waals surface area contributed by atoms with Crippen molar-refractivity contribution < 1.29 is 23.9 Å². The van der Waals surface area contributed by atoms with Crippen LogP contribution >= 0.6 is 0 Å². The van der Waals surface area contributed by atoms with Gasteiger partial charge in [-0.3, -0.25) is 9.59 Å². The van der Waals surface area contributed by atoms with Crippen LogP contribution in [-0.2, 0) is 19.1 Å². The van der Waals surface area contributed by atoms with E-state index in [0.29, 0.717) is 5.52 Å². The number of carbonyl (C=O) groups excluding carboxylic acids is 3. The highest BCUT2D eigenvalue weighted by atomic mass is 16.6. The minimum absolute atomic E-state index is 0.00582. The Morgan fingerprint density at radius 2 is 1.90 bits per heavy atom. The van der Waals surface area contributed by atoms with Crippen LogP contribution in [0.1, 0.15) is 44.1 Å². The second-order valence-electron chi connectivity index (χ2n) is 7.46. The predicted molar refractivity (Wildman–Crippen MR) is 109 cm³/mol. The number of ether oxygens (including phenoxy) is 2. The number of rotatable bonds is 8. The highest BCUT2D eigenvalue weighted by molar-refractivity contribution is 5.97. The maximum absolute atomic E-state index is 12.6. The summed E-state index contributed by atoms with van der Waals surface area (Å²) in [7, 11) is 0. The summed E-state index contributed by atoms with van der Waals surface area (Å²) in [5, 5.41) is 3.51. The Morgan fingerprint density at radius 1 is 1.17 bits per heavy atom. The first-order valence-corrected chi connectivity index (χ1v) is 9.35. The van der Waals surface area contributed by atoms with Gasteiger partial charge in [0.25, 0.3) is 5.91 Å². The molecule has 0 aliphatic rings. The number of fused-ring (bicyclic) bond motifs is 1. The smallest absolute Gasteiger partial charge is 0.328 e. The second-order valence-corrected chi connectivity index (χ2v) is 7.46. The van der Waals surface area contributed by atoms with E-state index in [1.54, 1.807) is 39.0 Å². The molecule has 2 aromatic rings. The van der Waals surface area contributed by atoms with Crippen LogP contribution in [-0.4, -0.2) is 41.1 Å². The monoisotopic (exact) mass is 398 g/mol. The molecule has 0 saturated heterocycles. The van der Waals surface area contributed by atoms with Crippen molar-refractivity contribution in [3.05, 3.63) is 54.7 Å². The largest absolute Gasteiger partial charge is 0.460 e. The number of aromatic nitrogens is 1. The maximum Gasteiger partial charge on any atom is 0.328 e. The molecular weight excluding hydrogens is 372 g/mol. The molecule has 2 rings (SSSR count). The van der Waals surface area contributed by atoms with Gasteiger partial charge in [-0.2, -0.15) is 0 Å². The quantitative estimate of drug-likeness (QED) is 0.542.